The molecule has 0 aliphatic carbocycles. The van der Waals surface area contributed by atoms with E-state index in [2.05, 4.69) is 5.32 Å². The lowest BCUT2D eigenvalue weighted by molar-refractivity contribution is -0.137. The summed E-state index contributed by atoms with van der Waals surface area (Å²) in [5, 5.41) is 2.48. The van der Waals surface area contributed by atoms with Gasteiger partial charge in [0.25, 0.3) is 0 Å². The normalized spacial score (nSPS) is 11.2. The van der Waals surface area contributed by atoms with Crippen molar-refractivity contribution in [2.75, 3.05) is 23.8 Å². The molecule has 0 spiro atoms. The third-order valence-electron chi connectivity index (χ3n) is 3.48. The summed E-state index contributed by atoms with van der Waals surface area (Å²) in [5.41, 5.74) is 0.928. The van der Waals surface area contributed by atoms with Gasteiger partial charge in [0.15, 0.2) is 0 Å². The first kappa shape index (κ1) is 18.1. The first-order valence-corrected chi connectivity index (χ1v) is 7.49. The molecule has 0 aliphatic heterocycles. The number of anilines is 2. The molecule has 0 saturated carbocycles. The van der Waals surface area contributed by atoms with E-state index in [9.17, 15) is 18.0 Å². The molecule has 0 heterocycles. The predicted octanol–water partition coefficient (Wildman–Crippen LogP) is 4.74. The highest BCUT2D eigenvalue weighted by atomic mass is 35.5. The number of nitrogens with zero attached hydrogens (tertiary/aromatic N) is 1. The van der Waals surface area contributed by atoms with Crippen LogP contribution in [-0.4, -0.2) is 19.5 Å². The van der Waals surface area contributed by atoms with Gasteiger partial charge in [-0.3, -0.25) is 4.79 Å². The molecule has 2 rings (SSSR count). The third-order valence-corrected chi connectivity index (χ3v) is 3.80. The molecule has 24 heavy (non-hydrogen) atoms. The number of alkyl halides is 3. The lowest BCUT2D eigenvalue weighted by Gasteiger charge is -2.21. The zero-order chi connectivity index (χ0) is 17.9. The monoisotopic (exact) mass is 356 g/mol. The lowest BCUT2D eigenvalue weighted by atomic mass is 10.2. The van der Waals surface area contributed by atoms with Gasteiger partial charge in [0.05, 0.1) is 22.8 Å². The van der Waals surface area contributed by atoms with Gasteiger partial charge < -0.3 is 10.2 Å². The van der Waals surface area contributed by atoms with E-state index in [4.69, 9.17) is 11.6 Å². The van der Waals surface area contributed by atoms with Gasteiger partial charge in [-0.25, -0.2) is 0 Å². The minimum atomic E-state index is -4.50. The molecule has 0 saturated heterocycles. The molecule has 0 unspecified atom stereocenters. The van der Waals surface area contributed by atoms with Crippen molar-refractivity contribution in [2.45, 2.75) is 13.1 Å². The molecule has 0 bridgehead atoms. The van der Waals surface area contributed by atoms with E-state index in [1.807, 2.05) is 31.2 Å². The Morgan fingerprint density at radius 1 is 1.21 bits per heavy atom. The average molecular weight is 357 g/mol. The number of para-hydroxylation sites is 1. The molecular weight excluding hydrogens is 341 g/mol. The Morgan fingerprint density at radius 3 is 2.50 bits per heavy atom. The van der Waals surface area contributed by atoms with Gasteiger partial charge in [0, 0.05) is 12.7 Å². The van der Waals surface area contributed by atoms with E-state index >= 15 is 0 Å². The van der Waals surface area contributed by atoms with Crippen LogP contribution in [0.5, 0.6) is 0 Å². The smallest absolute Gasteiger partial charge is 0.365 e. The highest BCUT2D eigenvalue weighted by Crippen LogP contribution is 2.33. The van der Waals surface area contributed by atoms with Crippen LogP contribution < -0.4 is 10.2 Å². The highest BCUT2D eigenvalue weighted by molar-refractivity contribution is 6.33. The largest absolute Gasteiger partial charge is 0.416 e. The number of halogens is 4. The van der Waals surface area contributed by atoms with Crippen molar-refractivity contribution in [3.63, 3.8) is 0 Å². The summed E-state index contributed by atoms with van der Waals surface area (Å²) in [6.45, 7) is 1.89. The summed E-state index contributed by atoms with van der Waals surface area (Å²) in [4.78, 5) is 13.8. The summed E-state index contributed by atoms with van der Waals surface area (Å²) >= 11 is 5.87. The van der Waals surface area contributed by atoms with Crippen LogP contribution in [0.25, 0.3) is 0 Å². The summed E-state index contributed by atoms with van der Waals surface area (Å²) in [6.07, 6.45) is -4.50. The molecule has 3 nitrogen and oxygen atoms in total. The molecular formula is C17H16ClF3N2O. The molecule has 7 heteroatoms. The molecule has 0 fully saturated rings. The zero-order valence-corrected chi connectivity index (χ0v) is 13.9. The van der Waals surface area contributed by atoms with Crippen molar-refractivity contribution in [1.82, 2.24) is 0 Å². The van der Waals surface area contributed by atoms with Crippen LogP contribution >= 0.6 is 11.6 Å². The van der Waals surface area contributed by atoms with Gasteiger partial charge in [0.1, 0.15) is 0 Å². The molecule has 1 N–H and O–H groups in total. The second-order valence-corrected chi connectivity index (χ2v) is 5.79. The molecule has 1 amide bonds. The lowest BCUT2D eigenvalue weighted by Crippen LogP contribution is -2.30. The third kappa shape index (κ3) is 4.41. The zero-order valence-electron chi connectivity index (χ0n) is 13.1. The fourth-order valence-electron chi connectivity index (χ4n) is 2.28. The van der Waals surface area contributed by atoms with Crippen LogP contribution in [0, 0.1) is 6.92 Å². The number of aryl methyl sites for hydroxylation is 1. The Labute approximate surface area is 143 Å². The number of carbonyl (C=O) groups excluding carboxylic acids is 1. The molecule has 0 radical (unpaired) electrons. The minimum Gasteiger partial charge on any atom is -0.365 e. The van der Waals surface area contributed by atoms with Crippen LogP contribution in [0.4, 0.5) is 24.5 Å². The number of hydrogen-bond donors (Lipinski definition) is 1. The number of amides is 1. The number of carbonyl (C=O) groups is 1. The van der Waals surface area contributed by atoms with E-state index in [1.54, 1.807) is 11.9 Å². The maximum Gasteiger partial charge on any atom is 0.416 e. The number of benzene rings is 2. The van der Waals surface area contributed by atoms with Crippen molar-refractivity contribution in [2.24, 2.45) is 0 Å². The second kappa shape index (κ2) is 7.13. The van der Waals surface area contributed by atoms with Crippen molar-refractivity contribution >= 4 is 28.9 Å². The summed E-state index contributed by atoms with van der Waals surface area (Å²) < 4.78 is 38.2. The second-order valence-electron chi connectivity index (χ2n) is 5.38. The molecule has 0 atom stereocenters. The van der Waals surface area contributed by atoms with Gasteiger partial charge in [-0.05, 0) is 36.8 Å². The van der Waals surface area contributed by atoms with Gasteiger partial charge in [-0.2, -0.15) is 13.2 Å². The van der Waals surface area contributed by atoms with Crippen LogP contribution in [0.2, 0.25) is 5.02 Å². The topological polar surface area (TPSA) is 32.3 Å². The maximum absolute atomic E-state index is 12.7. The van der Waals surface area contributed by atoms with E-state index in [1.165, 1.54) is 0 Å². The van der Waals surface area contributed by atoms with Crippen LogP contribution in [0.1, 0.15) is 11.1 Å². The standard InChI is InChI=1S/C17H16ClF3N2O/c1-11-5-3-4-6-15(11)23(2)10-16(24)22-14-9-12(17(19,20)21)7-8-13(14)18/h3-9H,10H2,1-2H3,(H,22,24). The first-order chi connectivity index (χ1) is 11.2. The van der Waals surface area contributed by atoms with E-state index in [0.29, 0.717) is 0 Å². The fraction of sp³-hybridized carbons (Fsp3) is 0.235. The number of rotatable bonds is 4. The SMILES string of the molecule is Cc1ccccc1N(C)CC(=O)Nc1cc(C(F)(F)F)ccc1Cl. The van der Waals surface area contributed by atoms with Crippen molar-refractivity contribution in [3.05, 3.63) is 58.6 Å². The quantitative estimate of drug-likeness (QED) is 0.858. The maximum atomic E-state index is 12.7. The molecule has 2 aromatic carbocycles. The van der Waals surface area contributed by atoms with Gasteiger partial charge >= 0.3 is 6.18 Å². The fourth-order valence-corrected chi connectivity index (χ4v) is 2.44. The summed E-state index contributed by atoms with van der Waals surface area (Å²) in [7, 11) is 1.73. The Balaban J connectivity index is 2.11. The van der Waals surface area contributed by atoms with Gasteiger partial charge in [-0.1, -0.05) is 29.8 Å². The van der Waals surface area contributed by atoms with Gasteiger partial charge in [0.2, 0.25) is 5.91 Å². The van der Waals surface area contributed by atoms with Crippen LogP contribution in [0.3, 0.4) is 0 Å². The molecule has 0 aliphatic rings. The Hall–Kier alpha value is -2.21. The Kier molecular flexibility index (Phi) is 5.39. The Morgan fingerprint density at radius 2 is 1.88 bits per heavy atom. The van der Waals surface area contributed by atoms with Crippen molar-refractivity contribution in [3.8, 4) is 0 Å². The number of nitrogens with one attached hydrogen (secondary N) is 1. The predicted molar refractivity (Wildman–Crippen MR) is 89.5 cm³/mol. The molecule has 2 aromatic rings. The van der Waals surface area contributed by atoms with Crippen molar-refractivity contribution in [1.29, 1.82) is 0 Å². The summed E-state index contributed by atoms with van der Waals surface area (Å²) in [6, 6.07) is 10.3. The van der Waals surface area contributed by atoms with E-state index in [0.717, 1.165) is 29.4 Å². The minimum absolute atomic E-state index is 0.0164. The Bertz CT molecular complexity index is 747. The number of hydrogen-bond acceptors (Lipinski definition) is 2. The van der Waals surface area contributed by atoms with Crippen molar-refractivity contribution < 1.29 is 18.0 Å². The number of likely N-dealkylation sites (N-methyl/N-ethyl adjacent to an activating group) is 1. The molecule has 0 aromatic heterocycles. The van der Waals surface area contributed by atoms with Gasteiger partial charge in [-0.15, -0.1) is 0 Å². The summed E-state index contributed by atoms with van der Waals surface area (Å²) in [5.74, 6) is -0.457. The van der Waals surface area contributed by atoms with Crippen LogP contribution in [-0.2, 0) is 11.0 Å². The highest BCUT2D eigenvalue weighted by Gasteiger charge is 2.31. The average Bonchev–Trinajstić information content (AvgIpc) is 2.48. The molecule has 128 valence electrons. The van der Waals surface area contributed by atoms with E-state index in [-0.39, 0.29) is 17.3 Å². The van der Waals surface area contributed by atoms with E-state index < -0.39 is 17.6 Å². The first-order valence-electron chi connectivity index (χ1n) is 7.12. The van der Waals surface area contributed by atoms with Crippen LogP contribution in [0.15, 0.2) is 42.5 Å².